The van der Waals surface area contributed by atoms with Crippen LogP contribution in [0.3, 0.4) is 0 Å². The maximum Gasteiger partial charge on any atom is 0.258 e. The highest BCUT2D eigenvalue weighted by atomic mass is 16.5. The highest BCUT2D eigenvalue weighted by Crippen LogP contribution is 2.29. The summed E-state index contributed by atoms with van der Waals surface area (Å²) in [6, 6.07) is 2.43. The van der Waals surface area contributed by atoms with Gasteiger partial charge in [-0.1, -0.05) is 0 Å². The number of nitrogens with zero attached hydrogens (tertiary/aromatic N) is 2. The molecule has 0 spiro atoms. The van der Waals surface area contributed by atoms with Crippen LogP contribution in [0, 0.1) is 0 Å². The largest absolute Gasteiger partial charge is 0.493 e. The van der Waals surface area contributed by atoms with Gasteiger partial charge in [-0.25, -0.2) is 4.98 Å². The third kappa shape index (κ3) is 4.12. The van der Waals surface area contributed by atoms with Gasteiger partial charge in [-0.05, 0) is 13.0 Å². The number of benzene rings is 1. The standard InChI is InChI=1S/C17H24N4O5/c1-5-21(17(23)11(18)9-24-2)8-15-19-12-7-14(26-4)13(25-3)6-10(12)16(22)20-15/h6-7,11H,5,8-9,18H2,1-4H3,(H,19,20,22). The fourth-order valence-electron chi connectivity index (χ4n) is 2.60. The molecule has 1 heterocycles. The van der Waals surface area contributed by atoms with E-state index in [0.717, 1.165) is 0 Å². The van der Waals surface area contributed by atoms with Crippen LogP contribution in [-0.4, -0.2) is 61.3 Å². The zero-order chi connectivity index (χ0) is 19.3. The van der Waals surface area contributed by atoms with Gasteiger partial charge in [0.25, 0.3) is 5.56 Å². The van der Waals surface area contributed by atoms with Crippen LogP contribution in [0.1, 0.15) is 12.7 Å². The molecule has 0 aliphatic rings. The second-order valence-corrected chi connectivity index (χ2v) is 5.65. The zero-order valence-electron chi connectivity index (χ0n) is 15.4. The fraction of sp³-hybridized carbons (Fsp3) is 0.471. The van der Waals surface area contributed by atoms with Gasteiger partial charge in [0.2, 0.25) is 5.91 Å². The number of amides is 1. The predicted molar refractivity (Wildman–Crippen MR) is 96.4 cm³/mol. The quantitative estimate of drug-likeness (QED) is 0.689. The van der Waals surface area contributed by atoms with Crippen LogP contribution in [0.2, 0.25) is 0 Å². The number of fused-ring (bicyclic) bond motifs is 1. The molecule has 0 saturated carbocycles. The van der Waals surface area contributed by atoms with Crippen LogP contribution in [-0.2, 0) is 16.1 Å². The van der Waals surface area contributed by atoms with Crippen LogP contribution in [0.5, 0.6) is 11.5 Å². The van der Waals surface area contributed by atoms with Crippen LogP contribution >= 0.6 is 0 Å². The summed E-state index contributed by atoms with van der Waals surface area (Å²) < 4.78 is 15.4. The van der Waals surface area contributed by atoms with Gasteiger partial charge < -0.3 is 29.8 Å². The predicted octanol–water partition coefficient (Wildman–Crippen LogP) is 0.263. The number of aromatic nitrogens is 2. The Morgan fingerprint density at radius 2 is 1.92 bits per heavy atom. The third-order valence-corrected chi connectivity index (χ3v) is 3.96. The van der Waals surface area contributed by atoms with E-state index < -0.39 is 6.04 Å². The van der Waals surface area contributed by atoms with E-state index in [9.17, 15) is 9.59 Å². The number of methoxy groups -OCH3 is 3. The number of carbonyl (C=O) groups is 1. The Morgan fingerprint density at radius 1 is 1.27 bits per heavy atom. The topological polar surface area (TPSA) is 120 Å². The van der Waals surface area contributed by atoms with Crippen LogP contribution in [0.25, 0.3) is 10.9 Å². The van der Waals surface area contributed by atoms with E-state index in [1.165, 1.54) is 26.2 Å². The van der Waals surface area contributed by atoms with Crippen molar-refractivity contribution >= 4 is 16.8 Å². The second kappa shape index (κ2) is 8.63. The summed E-state index contributed by atoms with van der Waals surface area (Å²) in [5, 5.41) is 0.372. The molecular weight excluding hydrogens is 340 g/mol. The van der Waals surface area contributed by atoms with E-state index >= 15 is 0 Å². The number of hydrogen-bond donors (Lipinski definition) is 2. The van der Waals surface area contributed by atoms with E-state index in [1.807, 2.05) is 6.92 Å². The number of hydrogen-bond acceptors (Lipinski definition) is 7. The maximum absolute atomic E-state index is 12.4. The summed E-state index contributed by atoms with van der Waals surface area (Å²) in [4.78, 5) is 33.4. The molecule has 1 aromatic heterocycles. The van der Waals surface area contributed by atoms with Gasteiger partial charge in [0, 0.05) is 19.7 Å². The Morgan fingerprint density at radius 3 is 2.50 bits per heavy atom. The minimum Gasteiger partial charge on any atom is -0.493 e. The Labute approximate surface area is 151 Å². The van der Waals surface area contributed by atoms with Crippen LogP contribution < -0.4 is 20.8 Å². The molecule has 0 bridgehead atoms. The average Bonchev–Trinajstić information content (AvgIpc) is 2.64. The third-order valence-electron chi connectivity index (χ3n) is 3.96. The molecule has 0 radical (unpaired) electrons. The highest BCUT2D eigenvalue weighted by Gasteiger charge is 2.21. The molecule has 0 aliphatic heterocycles. The van der Waals surface area contributed by atoms with Gasteiger partial charge in [-0.15, -0.1) is 0 Å². The average molecular weight is 364 g/mol. The molecule has 0 fully saturated rings. The summed E-state index contributed by atoms with van der Waals surface area (Å²) in [6.07, 6.45) is 0. The van der Waals surface area contributed by atoms with Crippen molar-refractivity contribution in [1.82, 2.24) is 14.9 Å². The summed E-state index contributed by atoms with van der Waals surface area (Å²) in [6.45, 7) is 2.49. The smallest absolute Gasteiger partial charge is 0.258 e. The van der Waals surface area contributed by atoms with E-state index in [1.54, 1.807) is 12.1 Å². The molecule has 9 nitrogen and oxygen atoms in total. The first-order chi connectivity index (χ1) is 12.4. The molecule has 1 atom stereocenters. The summed E-state index contributed by atoms with van der Waals surface area (Å²) in [5.74, 6) is 0.990. The van der Waals surface area contributed by atoms with Gasteiger partial charge in [-0.3, -0.25) is 9.59 Å². The molecule has 1 unspecified atom stereocenters. The first-order valence-corrected chi connectivity index (χ1v) is 8.13. The molecule has 26 heavy (non-hydrogen) atoms. The molecule has 0 aliphatic carbocycles. The van der Waals surface area contributed by atoms with Crippen molar-refractivity contribution in [2.24, 2.45) is 5.73 Å². The van der Waals surface area contributed by atoms with Crippen molar-refractivity contribution in [2.75, 3.05) is 34.5 Å². The lowest BCUT2D eigenvalue weighted by atomic mass is 10.2. The Balaban J connectivity index is 2.37. The molecule has 142 valence electrons. The van der Waals surface area contributed by atoms with Crippen molar-refractivity contribution in [3.63, 3.8) is 0 Å². The van der Waals surface area contributed by atoms with E-state index in [-0.39, 0.29) is 24.6 Å². The maximum atomic E-state index is 12.4. The first-order valence-electron chi connectivity index (χ1n) is 8.13. The fourth-order valence-corrected chi connectivity index (χ4v) is 2.60. The van der Waals surface area contributed by atoms with Gasteiger partial charge in [0.05, 0.1) is 38.3 Å². The van der Waals surface area contributed by atoms with Crippen molar-refractivity contribution in [1.29, 1.82) is 0 Å². The number of nitrogens with one attached hydrogen (secondary N) is 1. The zero-order valence-corrected chi connectivity index (χ0v) is 15.4. The van der Waals surface area contributed by atoms with Crippen molar-refractivity contribution < 1.29 is 19.0 Å². The van der Waals surface area contributed by atoms with E-state index in [4.69, 9.17) is 19.9 Å². The molecular formula is C17H24N4O5. The van der Waals surface area contributed by atoms with Gasteiger partial charge in [0.15, 0.2) is 11.5 Å². The van der Waals surface area contributed by atoms with Gasteiger partial charge in [-0.2, -0.15) is 0 Å². The molecule has 0 saturated heterocycles. The van der Waals surface area contributed by atoms with E-state index in [0.29, 0.717) is 34.8 Å². The summed E-state index contributed by atoms with van der Waals surface area (Å²) in [5.41, 5.74) is 5.94. The molecule has 2 aromatic rings. The van der Waals surface area contributed by atoms with Crippen LogP contribution in [0.15, 0.2) is 16.9 Å². The molecule has 2 rings (SSSR count). The van der Waals surface area contributed by atoms with Crippen molar-refractivity contribution in [3.8, 4) is 11.5 Å². The minimum absolute atomic E-state index is 0.119. The van der Waals surface area contributed by atoms with E-state index in [2.05, 4.69) is 9.97 Å². The lowest BCUT2D eigenvalue weighted by Gasteiger charge is -2.23. The Kier molecular flexibility index (Phi) is 6.53. The monoisotopic (exact) mass is 364 g/mol. The molecule has 9 heteroatoms. The Bertz CT molecular complexity index is 836. The number of likely N-dealkylation sites (N-methyl/N-ethyl adjacent to an activating group) is 1. The lowest BCUT2D eigenvalue weighted by Crippen LogP contribution is -2.46. The SMILES string of the molecule is CCN(Cc1nc2cc(OC)c(OC)cc2c(=O)[nH]1)C(=O)C(N)COC. The summed E-state index contributed by atoms with van der Waals surface area (Å²) in [7, 11) is 4.48. The number of H-pyrrole nitrogens is 1. The van der Waals surface area contributed by atoms with Crippen molar-refractivity contribution in [3.05, 3.63) is 28.3 Å². The minimum atomic E-state index is -0.767. The Hall–Kier alpha value is -2.65. The van der Waals surface area contributed by atoms with Crippen molar-refractivity contribution in [2.45, 2.75) is 19.5 Å². The number of ether oxygens (including phenoxy) is 3. The molecule has 3 N–H and O–H groups in total. The lowest BCUT2D eigenvalue weighted by molar-refractivity contribution is -0.134. The number of aromatic amines is 1. The molecule has 1 amide bonds. The molecule has 1 aromatic carbocycles. The first kappa shape index (κ1) is 19.7. The van der Waals surface area contributed by atoms with Gasteiger partial charge >= 0.3 is 0 Å². The summed E-state index contributed by atoms with van der Waals surface area (Å²) >= 11 is 0. The number of rotatable bonds is 8. The number of carbonyl (C=O) groups excluding carboxylic acids is 1. The highest BCUT2D eigenvalue weighted by molar-refractivity contribution is 5.83. The van der Waals surface area contributed by atoms with Gasteiger partial charge in [0.1, 0.15) is 11.9 Å². The normalized spacial score (nSPS) is 12.0. The number of nitrogens with two attached hydrogens (primary N) is 1. The second-order valence-electron chi connectivity index (χ2n) is 5.65. The van der Waals surface area contributed by atoms with Crippen LogP contribution in [0.4, 0.5) is 0 Å².